The topological polar surface area (TPSA) is 49.7 Å². The van der Waals surface area contributed by atoms with E-state index in [0.29, 0.717) is 13.0 Å². The normalized spacial score (nSPS) is 25.9. The Labute approximate surface area is 125 Å². The maximum Gasteiger partial charge on any atom is 0.252 e. The summed E-state index contributed by atoms with van der Waals surface area (Å²) in [5, 5.41) is 0. The molecule has 5 nitrogen and oxygen atoms in total. The number of pyridine rings is 1. The predicted octanol–water partition coefficient (Wildman–Crippen LogP) is 2.35. The summed E-state index contributed by atoms with van der Waals surface area (Å²) < 4.78 is 19.2. The fourth-order valence-corrected chi connectivity index (χ4v) is 2.48. The summed E-state index contributed by atoms with van der Waals surface area (Å²) in [6.45, 7) is 8.47. The fourth-order valence-electron chi connectivity index (χ4n) is 2.48. The van der Waals surface area contributed by atoms with Crippen LogP contribution < -0.4 is 5.56 Å². The summed E-state index contributed by atoms with van der Waals surface area (Å²) in [5.74, 6) is 0. The van der Waals surface area contributed by atoms with Crippen LogP contribution in [0.15, 0.2) is 29.2 Å². The van der Waals surface area contributed by atoms with Crippen LogP contribution in [0.4, 0.5) is 0 Å². The molecule has 118 valence electrons. The highest BCUT2D eigenvalue weighted by Crippen LogP contribution is 2.31. The van der Waals surface area contributed by atoms with Gasteiger partial charge in [0.15, 0.2) is 0 Å². The van der Waals surface area contributed by atoms with Crippen molar-refractivity contribution in [3.63, 3.8) is 0 Å². The summed E-state index contributed by atoms with van der Waals surface area (Å²) in [6.07, 6.45) is 2.19. The lowest BCUT2D eigenvalue weighted by molar-refractivity contribution is -0.0961. The first-order chi connectivity index (χ1) is 9.97. The molecule has 1 fully saturated rings. The Hall–Kier alpha value is -1.17. The second-order valence-corrected chi connectivity index (χ2v) is 5.92. The van der Waals surface area contributed by atoms with E-state index in [1.165, 1.54) is 0 Å². The van der Waals surface area contributed by atoms with E-state index in [9.17, 15) is 4.79 Å². The Morgan fingerprint density at radius 2 is 2.05 bits per heavy atom. The smallest absolute Gasteiger partial charge is 0.252 e. The lowest BCUT2D eigenvalue weighted by Gasteiger charge is -2.21. The third-order valence-electron chi connectivity index (χ3n) is 3.38. The van der Waals surface area contributed by atoms with Gasteiger partial charge in [0.2, 0.25) is 0 Å². The molecule has 1 aromatic rings. The molecule has 2 heterocycles. The van der Waals surface area contributed by atoms with Crippen molar-refractivity contribution in [1.29, 1.82) is 0 Å². The van der Waals surface area contributed by atoms with Crippen molar-refractivity contribution >= 4 is 0 Å². The Bertz CT molecular complexity index is 497. The van der Waals surface area contributed by atoms with Crippen LogP contribution in [0.3, 0.4) is 0 Å². The van der Waals surface area contributed by atoms with Gasteiger partial charge in [-0.2, -0.15) is 0 Å². The van der Waals surface area contributed by atoms with Crippen molar-refractivity contribution < 1.29 is 14.2 Å². The number of nitrogens with zero attached hydrogens (tertiary/aromatic N) is 1. The molecule has 1 aromatic heterocycles. The molecule has 0 bridgehead atoms. The average molecular weight is 295 g/mol. The van der Waals surface area contributed by atoms with Crippen LogP contribution in [0.1, 0.15) is 40.3 Å². The molecule has 0 N–H and O–H groups in total. The second kappa shape index (κ2) is 7.20. The van der Waals surface area contributed by atoms with Gasteiger partial charge in [-0.15, -0.1) is 0 Å². The van der Waals surface area contributed by atoms with Crippen molar-refractivity contribution in [2.45, 2.75) is 64.8 Å². The molecule has 0 saturated carbocycles. The highest BCUT2D eigenvalue weighted by molar-refractivity contribution is 4.96. The molecule has 3 atom stereocenters. The summed E-state index contributed by atoms with van der Waals surface area (Å²) in [6, 6.07) is 5.11. The average Bonchev–Trinajstić information content (AvgIpc) is 2.79. The highest BCUT2D eigenvalue weighted by atomic mass is 16.6. The van der Waals surface area contributed by atoms with Gasteiger partial charge in [0.25, 0.3) is 5.56 Å². The zero-order valence-corrected chi connectivity index (χ0v) is 13.2. The number of rotatable bonds is 6. The Morgan fingerprint density at radius 3 is 2.67 bits per heavy atom. The number of hydrogen-bond donors (Lipinski definition) is 0. The van der Waals surface area contributed by atoms with Crippen molar-refractivity contribution in [3.8, 4) is 0 Å². The van der Waals surface area contributed by atoms with Gasteiger partial charge in [-0.3, -0.25) is 9.36 Å². The molecule has 0 spiro atoms. The molecule has 1 aliphatic rings. The highest BCUT2D eigenvalue weighted by Gasteiger charge is 2.38. The minimum atomic E-state index is -0.289. The number of aromatic nitrogens is 1. The number of ether oxygens (including phenoxy) is 3. The Balaban J connectivity index is 2.09. The van der Waals surface area contributed by atoms with Crippen LogP contribution in [-0.2, 0) is 14.2 Å². The molecule has 1 saturated heterocycles. The minimum absolute atomic E-state index is 0.0548. The molecular weight excluding hydrogens is 270 g/mol. The van der Waals surface area contributed by atoms with Crippen LogP contribution >= 0.6 is 0 Å². The summed E-state index contributed by atoms with van der Waals surface area (Å²) in [7, 11) is 0. The van der Waals surface area contributed by atoms with Gasteiger partial charge in [-0.1, -0.05) is 6.07 Å². The molecule has 0 aliphatic carbocycles. The van der Waals surface area contributed by atoms with E-state index in [0.717, 1.165) is 0 Å². The SMILES string of the molecule is CC(C)OCC1OC(n2ccccc2=O)C[C@@H]1OC(C)C. The van der Waals surface area contributed by atoms with Gasteiger partial charge < -0.3 is 14.2 Å². The predicted molar refractivity (Wildman–Crippen MR) is 80.3 cm³/mol. The lowest BCUT2D eigenvalue weighted by atomic mass is 10.1. The second-order valence-electron chi connectivity index (χ2n) is 5.92. The van der Waals surface area contributed by atoms with Gasteiger partial charge in [0.1, 0.15) is 12.3 Å². The molecule has 21 heavy (non-hydrogen) atoms. The van der Waals surface area contributed by atoms with E-state index < -0.39 is 0 Å². The molecule has 1 aliphatic heterocycles. The third-order valence-corrected chi connectivity index (χ3v) is 3.38. The first-order valence-corrected chi connectivity index (χ1v) is 7.57. The molecular formula is C16H25NO4. The summed E-state index contributed by atoms with van der Waals surface area (Å²) >= 11 is 0. The van der Waals surface area contributed by atoms with E-state index in [2.05, 4.69) is 0 Å². The molecule has 0 aromatic carbocycles. The first kappa shape index (κ1) is 16.2. The van der Waals surface area contributed by atoms with Crippen molar-refractivity contribution in [3.05, 3.63) is 34.7 Å². The van der Waals surface area contributed by atoms with Gasteiger partial charge in [-0.25, -0.2) is 0 Å². The van der Waals surface area contributed by atoms with Gasteiger partial charge in [0.05, 0.1) is 24.9 Å². The maximum absolute atomic E-state index is 11.9. The van der Waals surface area contributed by atoms with Crippen molar-refractivity contribution in [2.24, 2.45) is 0 Å². The van der Waals surface area contributed by atoms with Gasteiger partial charge >= 0.3 is 0 Å². The van der Waals surface area contributed by atoms with E-state index in [-0.39, 0.29) is 36.2 Å². The molecule has 0 amide bonds. The van der Waals surface area contributed by atoms with Gasteiger partial charge in [0, 0.05) is 18.7 Å². The number of hydrogen-bond acceptors (Lipinski definition) is 4. The monoisotopic (exact) mass is 295 g/mol. The van der Waals surface area contributed by atoms with Crippen LogP contribution in [-0.4, -0.2) is 35.6 Å². The van der Waals surface area contributed by atoms with Gasteiger partial charge in [-0.05, 0) is 33.8 Å². The zero-order valence-electron chi connectivity index (χ0n) is 13.2. The van der Waals surface area contributed by atoms with Crippen LogP contribution in [0, 0.1) is 0 Å². The van der Waals surface area contributed by atoms with E-state index in [1.54, 1.807) is 22.9 Å². The van der Waals surface area contributed by atoms with Crippen LogP contribution in [0.5, 0.6) is 0 Å². The van der Waals surface area contributed by atoms with E-state index >= 15 is 0 Å². The third kappa shape index (κ3) is 4.40. The summed E-state index contributed by atoms with van der Waals surface area (Å²) in [4.78, 5) is 11.9. The minimum Gasteiger partial charge on any atom is -0.376 e. The lowest BCUT2D eigenvalue weighted by Crippen LogP contribution is -2.32. The van der Waals surface area contributed by atoms with Crippen LogP contribution in [0.2, 0.25) is 0 Å². The molecule has 5 heteroatoms. The van der Waals surface area contributed by atoms with Crippen LogP contribution in [0.25, 0.3) is 0 Å². The van der Waals surface area contributed by atoms with E-state index in [4.69, 9.17) is 14.2 Å². The molecule has 2 unspecified atom stereocenters. The summed E-state index contributed by atoms with van der Waals surface area (Å²) in [5.41, 5.74) is -0.0591. The Kier molecular flexibility index (Phi) is 5.56. The van der Waals surface area contributed by atoms with Crippen molar-refractivity contribution in [1.82, 2.24) is 4.57 Å². The largest absolute Gasteiger partial charge is 0.376 e. The fraction of sp³-hybridized carbons (Fsp3) is 0.688. The molecule has 0 radical (unpaired) electrons. The molecule has 2 rings (SSSR count). The van der Waals surface area contributed by atoms with Crippen molar-refractivity contribution in [2.75, 3.05) is 6.61 Å². The Morgan fingerprint density at radius 1 is 1.29 bits per heavy atom. The zero-order chi connectivity index (χ0) is 15.4. The standard InChI is InChI=1S/C16H25NO4/c1-11(2)19-10-14-13(20-12(3)4)9-16(21-14)17-8-6-5-7-15(17)18/h5-8,11-14,16H,9-10H2,1-4H3/t13-,14?,16?/m0/s1. The maximum atomic E-state index is 11.9. The quantitative estimate of drug-likeness (QED) is 0.808. The first-order valence-electron chi connectivity index (χ1n) is 7.57. The van der Waals surface area contributed by atoms with E-state index in [1.807, 2.05) is 33.8 Å².